The normalized spacial score (nSPS) is 12.9. The Hall–Kier alpha value is -2.16. The van der Waals surface area contributed by atoms with Gasteiger partial charge in [-0.25, -0.2) is 17.9 Å². The smallest absolute Gasteiger partial charge is 0.255 e. The molecule has 0 aromatic carbocycles. The molecule has 0 saturated carbocycles. The van der Waals surface area contributed by atoms with Crippen molar-refractivity contribution in [2.75, 3.05) is 26.5 Å². The number of hydrogen-bond donors (Lipinski definition) is 0. The van der Waals surface area contributed by atoms with Gasteiger partial charge in [0.2, 0.25) is 5.88 Å². The van der Waals surface area contributed by atoms with Crippen molar-refractivity contribution in [1.29, 1.82) is 0 Å². The van der Waals surface area contributed by atoms with Crippen LogP contribution in [0.1, 0.15) is 13.8 Å². The van der Waals surface area contributed by atoms with Crippen LogP contribution in [-0.2, 0) is 10.0 Å². The highest BCUT2D eigenvalue weighted by atomic mass is 32.2. The van der Waals surface area contributed by atoms with Gasteiger partial charge in [0.15, 0.2) is 5.65 Å². The van der Waals surface area contributed by atoms with E-state index in [0.29, 0.717) is 5.88 Å². The second-order valence-corrected chi connectivity index (χ2v) is 7.93. The molecule has 2 rings (SSSR count). The van der Waals surface area contributed by atoms with Gasteiger partial charge < -0.3 is 9.64 Å². The lowest BCUT2D eigenvalue weighted by molar-refractivity contribution is 0.191. The van der Waals surface area contributed by atoms with Gasteiger partial charge in [-0.2, -0.15) is 4.40 Å². The van der Waals surface area contributed by atoms with Crippen molar-refractivity contribution in [2.45, 2.75) is 13.8 Å². The Bertz CT molecular complexity index is 796. The minimum absolute atomic E-state index is 0.113. The molecule has 0 spiro atoms. The van der Waals surface area contributed by atoms with E-state index in [-0.39, 0.29) is 12.4 Å². The standard InChI is InChI=1S/C14H21N5O3S/c1-14(2,10-23(20,21)16-11-18(3)4)9-22-13-6-5-12-15-7-8-19(12)17-13/h5-8,11H,9-10H2,1-4H3/b16-11+. The molecule has 2 aromatic rings. The molecule has 126 valence electrons. The first-order chi connectivity index (χ1) is 10.7. The lowest BCUT2D eigenvalue weighted by atomic mass is 9.98. The molecule has 0 bridgehead atoms. The van der Waals surface area contributed by atoms with E-state index in [9.17, 15) is 8.42 Å². The van der Waals surface area contributed by atoms with Gasteiger partial charge in [0.05, 0.1) is 12.4 Å². The highest BCUT2D eigenvalue weighted by Gasteiger charge is 2.27. The maximum absolute atomic E-state index is 12.0. The van der Waals surface area contributed by atoms with Crippen molar-refractivity contribution in [1.82, 2.24) is 19.5 Å². The second kappa shape index (κ2) is 6.53. The summed E-state index contributed by atoms with van der Waals surface area (Å²) in [5, 5.41) is 4.24. The average molecular weight is 339 g/mol. The van der Waals surface area contributed by atoms with Crippen LogP contribution in [0.4, 0.5) is 0 Å². The quantitative estimate of drug-likeness (QED) is 0.553. The van der Waals surface area contributed by atoms with Crippen molar-refractivity contribution >= 4 is 22.0 Å². The molecule has 23 heavy (non-hydrogen) atoms. The summed E-state index contributed by atoms with van der Waals surface area (Å²) in [5.41, 5.74) is 0.117. The summed E-state index contributed by atoms with van der Waals surface area (Å²) in [5.74, 6) is 0.301. The molecule has 0 aliphatic rings. The number of nitrogens with zero attached hydrogens (tertiary/aromatic N) is 5. The van der Waals surface area contributed by atoms with Crippen LogP contribution in [0.3, 0.4) is 0 Å². The number of rotatable bonds is 7. The number of imidazole rings is 1. The van der Waals surface area contributed by atoms with Gasteiger partial charge in [-0.3, -0.25) is 0 Å². The van der Waals surface area contributed by atoms with Crippen molar-refractivity contribution < 1.29 is 13.2 Å². The Kier molecular flexibility index (Phi) is 4.88. The third-order valence-corrected chi connectivity index (χ3v) is 4.42. The van der Waals surface area contributed by atoms with Crippen LogP contribution in [0.5, 0.6) is 5.88 Å². The summed E-state index contributed by atoms with van der Waals surface area (Å²) in [4.78, 5) is 5.67. The predicted molar refractivity (Wildman–Crippen MR) is 88.2 cm³/mol. The molecule has 0 aliphatic heterocycles. The molecule has 0 fully saturated rings. The van der Waals surface area contributed by atoms with Gasteiger partial charge in [-0.1, -0.05) is 13.8 Å². The monoisotopic (exact) mass is 339 g/mol. The molecule has 0 amide bonds. The summed E-state index contributed by atoms with van der Waals surface area (Å²) in [7, 11) is -0.125. The van der Waals surface area contributed by atoms with Crippen molar-refractivity contribution in [2.24, 2.45) is 9.81 Å². The minimum Gasteiger partial charge on any atom is -0.476 e. The van der Waals surface area contributed by atoms with Gasteiger partial charge in [0.25, 0.3) is 10.0 Å². The van der Waals surface area contributed by atoms with E-state index < -0.39 is 15.4 Å². The van der Waals surface area contributed by atoms with Crippen LogP contribution in [0, 0.1) is 5.41 Å². The number of ether oxygens (including phenoxy) is 1. The Morgan fingerprint density at radius 1 is 1.39 bits per heavy atom. The molecular formula is C14H21N5O3S. The molecule has 0 N–H and O–H groups in total. The van der Waals surface area contributed by atoms with Gasteiger partial charge in [-0.05, 0) is 6.07 Å². The first-order valence-corrected chi connectivity index (χ1v) is 8.66. The van der Waals surface area contributed by atoms with Crippen molar-refractivity contribution in [3.63, 3.8) is 0 Å². The zero-order valence-electron chi connectivity index (χ0n) is 13.7. The minimum atomic E-state index is -3.55. The summed E-state index contributed by atoms with van der Waals surface area (Å²) in [6.07, 6.45) is 4.64. The molecular weight excluding hydrogens is 318 g/mol. The Balaban J connectivity index is 2.00. The first kappa shape index (κ1) is 17.2. The lowest BCUT2D eigenvalue weighted by Gasteiger charge is -2.23. The molecule has 0 saturated heterocycles. The molecule has 2 heterocycles. The SMILES string of the molecule is CN(C)/C=N/S(=O)(=O)CC(C)(C)COc1ccc2nccn2n1. The largest absolute Gasteiger partial charge is 0.476 e. The molecule has 0 unspecified atom stereocenters. The maximum atomic E-state index is 12.0. The van der Waals surface area contributed by atoms with Gasteiger partial charge in [0, 0.05) is 38.0 Å². The molecule has 8 nitrogen and oxygen atoms in total. The van der Waals surface area contributed by atoms with Crippen LogP contribution in [0.15, 0.2) is 28.9 Å². The van der Waals surface area contributed by atoms with Crippen molar-refractivity contribution in [3.8, 4) is 5.88 Å². The summed E-state index contributed by atoms with van der Waals surface area (Å²) < 4.78 is 34.8. The molecule has 9 heteroatoms. The van der Waals surface area contributed by atoms with E-state index in [4.69, 9.17) is 4.74 Å². The van der Waals surface area contributed by atoms with Crippen LogP contribution in [0.25, 0.3) is 5.65 Å². The van der Waals surface area contributed by atoms with E-state index in [1.807, 2.05) is 13.8 Å². The first-order valence-electron chi connectivity index (χ1n) is 7.05. The highest BCUT2D eigenvalue weighted by Crippen LogP contribution is 2.20. The van der Waals surface area contributed by atoms with E-state index in [0.717, 1.165) is 5.65 Å². The van der Waals surface area contributed by atoms with Crippen LogP contribution in [0.2, 0.25) is 0 Å². The Morgan fingerprint density at radius 3 is 2.83 bits per heavy atom. The zero-order valence-corrected chi connectivity index (χ0v) is 14.5. The second-order valence-electron chi connectivity index (χ2n) is 6.27. The Labute approximate surface area is 135 Å². The van der Waals surface area contributed by atoms with Gasteiger partial charge >= 0.3 is 0 Å². The third-order valence-electron chi connectivity index (χ3n) is 2.85. The molecule has 2 aromatic heterocycles. The van der Waals surface area contributed by atoms with Crippen molar-refractivity contribution in [3.05, 3.63) is 24.5 Å². The maximum Gasteiger partial charge on any atom is 0.255 e. The fourth-order valence-corrected chi connectivity index (χ4v) is 3.36. The number of hydrogen-bond acceptors (Lipinski definition) is 5. The topological polar surface area (TPSA) is 89.2 Å². The summed E-state index contributed by atoms with van der Waals surface area (Å²) in [6, 6.07) is 3.49. The fourth-order valence-electron chi connectivity index (χ4n) is 1.88. The third kappa shape index (κ3) is 5.20. The van der Waals surface area contributed by atoms with Crippen LogP contribution in [-0.4, -0.2) is 60.7 Å². The Morgan fingerprint density at radius 2 is 2.13 bits per heavy atom. The lowest BCUT2D eigenvalue weighted by Crippen LogP contribution is -2.30. The zero-order chi connectivity index (χ0) is 17.1. The van der Waals surface area contributed by atoms with Crippen LogP contribution >= 0.6 is 0 Å². The fraction of sp³-hybridized carbons (Fsp3) is 0.500. The van der Waals surface area contributed by atoms with E-state index in [1.165, 1.54) is 6.34 Å². The summed E-state index contributed by atoms with van der Waals surface area (Å²) in [6.45, 7) is 3.83. The highest BCUT2D eigenvalue weighted by molar-refractivity contribution is 7.90. The average Bonchev–Trinajstić information content (AvgIpc) is 2.89. The van der Waals surface area contributed by atoms with Gasteiger partial charge in [-0.15, -0.1) is 5.10 Å². The predicted octanol–water partition coefficient (Wildman–Crippen LogP) is 1.05. The number of sulfonamides is 1. The van der Waals surface area contributed by atoms with Crippen LogP contribution < -0.4 is 4.74 Å². The number of aromatic nitrogens is 3. The summed E-state index contributed by atoms with van der Waals surface area (Å²) >= 11 is 0. The molecule has 0 radical (unpaired) electrons. The molecule has 0 aliphatic carbocycles. The van der Waals surface area contributed by atoms with E-state index >= 15 is 0 Å². The number of fused-ring (bicyclic) bond motifs is 1. The van der Waals surface area contributed by atoms with E-state index in [2.05, 4.69) is 14.5 Å². The molecule has 0 atom stereocenters. The van der Waals surface area contributed by atoms with Gasteiger partial charge in [0.1, 0.15) is 6.34 Å². The van der Waals surface area contributed by atoms with E-state index in [1.54, 1.807) is 48.0 Å².